The normalized spacial score (nSPS) is 19.5. The van der Waals surface area contributed by atoms with E-state index < -0.39 is 0 Å². The first-order valence-electron chi connectivity index (χ1n) is 12.1. The van der Waals surface area contributed by atoms with Crippen LogP contribution in [0.1, 0.15) is 22.5 Å². The lowest BCUT2D eigenvalue weighted by atomic mass is 10.1. The van der Waals surface area contributed by atoms with E-state index in [9.17, 15) is 4.79 Å². The molecule has 34 heavy (non-hydrogen) atoms. The van der Waals surface area contributed by atoms with Crippen LogP contribution in [0.2, 0.25) is 0 Å². The number of para-hydroxylation sites is 1. The van der Waals surface area contributed by atoms with E-state index >= 15 is 0 Å². The maximum atomic E-state index is 13.3. The van der Waals surface area contributed by atoms with Gasteiger partial charge in [-0.2, -0.15) is 5.10 Å². The number of aromatic nitrogens is 2. The van der Waals surface area contributed by atoms with Gasteiger partial charge in [-0.25, -0.2) is 0 Å². The Morgan fingerprint density at radius 1 is 1.06 bits per heavy atom. The fourth-order valence-electron chi connectivity index (χ4n) is 4.95. The molecule has 2 aliphatic rings. The molecule has 2 saturated heterocycles. The number of nitrogens with one attached hydrogen (secondary N) is 1. The fourth-order valence-corrected chi connectivity index (χ4v) is 4.95. The molecule has 1 amide bonds. The van der Waals surface area contributed by atoms with Crippen LogP contribution in [0.4, 0.5) is 0 Å². The number of amides is 1. The van der Waals surface area contributed by atoms with E-state index in [1.54, 1.807) is 7.11 Å². The number of hydrogen-bond donors (Lipinski definition) is 1. The van der Waals surface area contributed by atoms with Crippen molar-refractivity contribution in [3.8, 4) is 5.75 Å². The lowest BCUT2D eigenvalue weighted by Gasteiger charge is -2.26. The average molecular weight is 464 g/mol. The molecular weight excluding hydrogens is 430 g/mol. The Hall–Kier alpha value is -2.94. The van der Waals surface area contributed by atoms with Gasteiger partial charge in [-0.1, -0.05) is 42.5 Å². The van der Waals surface area contributed by atoms with E-state index in [4.69, 9.17) is 14.6 Å². The number of carbonyl (C=O) groups is 1. The number of morpholine rings is 1. The summed E-state index contributed by atoms with van der Waals surface area (Å²) < 4.78 is 13.0. The lowest BCUT2D eigenvalue weighted by molar-refractivity contribution is 0.0361. The third-order valence-electron chi connectivity index (χ3n) is 6.76. The molecule has 180 valence electrons. The third-order valence-corrected chi connectivity index (χ3v) is 6.76. The van der Waals surface area contributed by atoms with Crippen LogP contribution in [0.3, 0.4) is 0 Å². The number of methoxy groups -OCH3 is 1. The topological polar surface area (TPSA) is 71.9 Å². The van der Waals surface area contributed by atoms with E-state index in [0.29, 0.717) is 12.2 Å². The minimum absolute atomic E-state index is 0.116. The van der Waals surface area contributed by atoms with Gasteiger partial charge in [0.2, 0.25) is 0 Å². The number of nitrogens with zero attached hydrogens (tertiary/aromatic N) is 4. The first-order chi connectivity index (χ1) is 16.7. The SMILES string of the molecule is COc1cccc2c(C(=O)NC3CCN(Cc4ccccc4)C3)nn(CCN3CCOCC3)c12. The van der Waals surface area contributed by atoms with Crippen molar-refractivity contribution in [2.45, 2.75) is 25.6 Å². The maximum absolute atomic E-state index is 13.3. The average Bonchev–Trinajstić information content (AvgIpc) is 3.48. The minimum Gasteiger partial charge on any atom is -0.494 e. The van der Waals surface area contributed by atoms with Gasteiger partial charge in [0.05, 0.1) is 26.9 Å². The summed E-state index contributed by atoms with van der Waals surface area (Å²) in [6, 6.07) is 16.4. The van der Waals surface area contributed by atoms with Gasteiger partial charge < -0.3 is 14.8 Å². The van der Waals surface area contributed by atoms with Crippen LogP contribution in [0, 0.1) is 0 Å². The van der Waals surface area contributed by atoms with E-state index in [1.807, 2.05) is 28.9 Å². The smallest absolute Gasteiger partial charge is 0.272 e. The van der Waals surface area contributed by atoms with Crippen molar-refractivity contribution in [3.63, 3.8) is 0 Å². The Balaban J connectivity index is 1.29. The van der Waals surface area contributed by atoms with Gasteiger partial charge in [0, 0.05) is 50.7 Å². The molecule has 2 fully saturated rings. The molecule has 0 spiro atoms. The number of likely N-dealkylation sites (tertiary alicyclic amines) is 1. The van der Waals surface area contributed by atoms with E-state index in [2.05, 4.69) is 39.4 Å². The van der Waals surface area contributed by atoms with Crippen molar-refractivity contribution in [1.29, 1.82) is 0 Å². The van der Waals surface area contributed by atoms with E-state index in [-0.39, 0.29) is 11.9 Å². The number of ether oxygens (including phenoxy) is 2. The molecule has 0 aliphatic carbocycles. The summed E-state index contributed by atoms with van der Waals surface area (Å²) in [5, 5.41) is 8.83. The zero-order valence-electron chi connectivity index (χ0n) is 19.8. The molecule has 1 unspecified atom stereocenters. The van der Waals surface area contributed by atoms with Gasteiger partial charge in [0.15, 0.2) is 5.69 Å². The predicted molar refractivity (Wildman–Crippen MR) is 131 cm³/mol. The van der Waals surface area contributed by atoms with Gasteiger partial charge in [0.1, 0.15) is 11.3 Å². The monoisotopic (exact) mass is 463 g/mol. The first-order valence-corrected chi connectivity index (χ1v) is 12.1. The first kappa shape index (κ1) is 22.8. The molecule has 2 aromatic carbocycles. The summed E-state index contributed by atoms with van der Waals surface area (Å²) in [6.45, 7) is 7.65. The second-order valence-corrected chi connectivity index (χ2v) is 9.06. The Kier molecular flexibility index (Phi) is 7.08. The quantitative estimate of drug-likeness (QED) is 0.553. The van der Waals surface area contributed by atoms with E-state index in [1.165, 1.54) is 5.56 Å². The zero-order valence-corrected chi connectivity index (χ0v) is 19.8. The number of fused-ring (bicyclic) bond motifs is 1. The summed E-state index contributed by atoms with van der Waals surface area (Å²) in [6.07, 6.45) is 0.942. The van der Waals surface area contributed by atoms with Gasteiger partial charge in [-0.15, -0.1) is 0 Å². The van der Waals surface area contributed by atoms with Crippen LogP contribution >= 0.6 is 0 Å². The molecule has 1 N–H and O–H groups in total. The standard InChI is InChI=1S/C26H33N5O3/c1-33-23-9-5-8-22-24(28-31(25(22)23)13-12-29-14-16-34-17-15-29)26(32)27-21-10-11-30(19-21)18-20-6-3-2-4-7-20/h2-9,21H,10-19H2,1H3,(H,27,32). The molecular formula is C26H33N5O3. The number of rotatable bonds is 8. The van der Waals surface area contributed by atoms with Gasteiger partial charge >= 0.3 is 0 Å². The minimum atomic E-state index is -0.116. The molecule has 0 saturated carbocycles. The second-order valence-electron chi connectivity index (χ2n) is 9.06. The molecule has 3 aromatic rings. The summed E-state index contributed by atoms with van der Waals surface area (Å²) in [4.78, 5) is 18.1. The fraction of sp³-hybridized carbons (Fsp3) is 0.462. The highest BCUT2D eigenvalue weighted by atomic mass is 16.5. The molecule has 8 nitrogen and oxygen atoms in total. The number of hydrogen-bond acceptors (Lipinski definition) is 6. The Bertz CT molecular complexity index is 1110. The van der Waals surface area contributed by atoms with Crippen LogP contribution in [0.15, 0.2) is 48.5 Å². The van der Waals surface area contributed by atoms with E-state index in [0.717, 1.165) is 75.6 Å². The summed E-state index contributed by atoms with van der Waals surface area (Å²) in [7, 11) is 1.66. The van der Waals surface area contributed by atoms with Crippen molar-refractivity contribution >= 4 is 16.8 Å². The molecule has 2 aliphatic heterocycles. The molecule has 0 radical (unpaired) electrons. The van der Waals surface area contributed by atoms with Crippen molar-refractivity contribution in [1.82, 2.24) is 24.9 Å². The highest BCUT2D eigenvalue weighted by molar-refractivity contribution is 6.06. The predicted octanol–water partition coefficient (Wildman–Crippen LogP) is 2.38. The largest absolute Gasteiger partial charge is 0.494 e. The molecule has 1 aromatic heterocycles. The van der Waals surface area contributed by atoms with Crippen LogP contribution in [-0.4, -0.2) is 84.6 Å². The lowest BCUT2D eigenvalue weighted by Crippen LogP contribution is -2.38. The van der Waals surface area contributed by atoms with Crippen LogP contribution in [0.5, 0.6) is 5.75 Å². The summed E-state index contributed by atoms with van der Waals surface area (Å²) in [5.41, 5.74) is 2.64. The van der Waals surface area contributed by atoms with Gasteiger partial charge in [0.25, 0.3) is 5.91 Å². The third kappa shape index (κ3) is 5.09. The molecule has 3 heterocycles. The Morgan fingerprint density at radius 3 is 2.68 bits per heavy atom. The highest BCUT2D eigenvalue weighted by Crippen LogP contribution is 2.28. The number of benzene rings is 2. The van der Waals surface area contributed by atoms with Crippen molar-refractivity contribution in [3.05, 3.63) is 59.8 Å². The van der Waals surface area contributed by atoms with Gasteiger partial charge in [-0.05, 0) is 18.1 Å². The Labute approximate surface area is 200 Å². The summed E-state index contributed by atoms with van der Waals surface area (Å²) in [5.74, 6) is 0.621. The Morgan fingerprint density at radius 2 is 1.88 bits per heavy atom. The molecule has 0 bridgehead atoms. The zero-order chi connectivity index (χ0) is 23.3. The van der Waals surface area contributed by atoms with Gasteiger partial charge in [-0.3, -0.25) is 19.3 Å². The second kappa shape index (κ2) is 10.5. The van der Waals surface area contributed by atoms with Crippen molar-refractivity contribution in [2.24, 2.45) is 0 Å². The highest BCUT2D eigenvalue weighted by Gasteiger charge is 2.27. The van der Waals surface area contributed by atoms with Crippen molar-refractivity contribution in [2.75, 3.05) is 53.0 Å². The molecule has 8 heteroatoms. The summed E-state index contributed by atoms with van der Waals surface area (Å²) >= 11 is 0. The van der Waals surface area contributed by atoms with Crippen molar-refractivity contribution < 1.29 is 14.3 Å². The molecule has 5 rings (SSSR count). The van der Waals surface area contributed by atoms with Crippen LogP contribution in [-0.2, 0) is 17.8 Å². The number of carbonyl (C=O) groups excluding carboxylic acids is 1. The maximum Gasteiger partial charge on any atom is 0.272 e. The van der Waals surface area contributed by atoms with Crippen LogP contribution in [0.25, 0.3) is 10.9 Å². The van der Waals surface area contributed by atoms with Crippen LogP contribution < -0.4 is 10.1 Å². The molecule has 1 atom stereocenters.